The van der Waals surface area contributed by atoms with Crippen molar-refractivity contribution in [3.8, 4) is 0 Å². The van der Waals surface area contributed by atoms with Crippen LogP contribution in [-0.4, -0.2) is 33.7 Å². The zero-order chi connectivity index (χ0) is 17.1. The Morgan fingerprint density at radius 2 is 2.38 bits per heavy atom. The summed E-state index contributed by atoms with van der Waals surface area (Å²) in [5, 5.41) is 12.0. The molecule has 7 heteroatoms. The number of rotatable bonds is 6. The molecule has 1 amide bonds. The molecule has 0 spiro atoms. The van der Waals surface area contributed by atoms with Crippen molar-refractivity contribution >= 4 is 5.91 Å². The highest BCUT2D eigenvalue weighted by atomic mass is 16.5. The van der Waals surface area contributed by atoms with Gasteiger partial charge in [-0.25, -0.2) is 4.98 Å². The van der Waals surface area contributed by atoms with Gasteiger partial charge < -0.3 is 24.1 Å². The number of aryl methyl sites for hydroxylation is 2. The van der Waals surface area contributed by atoms with E-state index >= 15 is 0 Å². The molecule has 1 fully saturated rings. The quantitative estimate of drug-likeness (QED) is 0.841. The highest BCUT2D eigenvalue weighted by molar-refractivity contribution is 5.92. The summed E-state index contributed by atoms with van der Waals surface area (Å²) in [6.07, 6.45) is 4.49. The van der Waals surface area contributed by atoms with Crippen molar-refractivity contribution in [2.75, 3.05) is 13.2 Å². The van der Waals surface area contributed by atoms with E-state index in [1.807, 2.05) is 6.20 Å². The average molecular weight is 333 g/mol. The first-order chi connectivity index (χ1) is 11.6. The average Bonchev–Trinajstić information content (AvgIpc) is 3.30. The topological polar surface area (TPSA) is 89.5 Å². The van der Waals surface area contributed by atoms with Crippen molar-refractivity contribution < 1.29 is 19.1 Å². The normalized spacial score (nSPS) is 20.5. The highest BCUT2D eigenvalue weighted by Crippen LogP contribution is 2.33. The van der Waals surface area contributed by atoms with Crippen LogP contribution in [0.25, 0.3) is 0 Å². The van der Waals surface area contributed by atoms with Crippen molar-refractivity contribution in [2.24, 2.45) is 5.92 Å². The van der Waals surface area contributed by atoms with Gasteiger partial charge in [-0.2, -0.15) is 0 Å². The van der Waals surface area contributed by atoms with Gasteiger partial charge in [-0.15, -0.1) is 0 Å². The van der Waals surface area contributed by atoms with E-state index in [1.165, 1.54) is 0 Å². The lowest BCUT2D eigenvalue weighted by molar-refractivity contribution is 0.0765. The van der Waals surface area contributed by atoms with E-state index in [2.05, 4.69) is 21.8 Å². The Morgan fingerprint density at radius 3 is 3.08 bits per heavy atom. The van der Waals surface area contributed by atoms with Gasteiger partial charge in [-0.3, -0.25) is 4.79 Å². The minimum absolute atomic E-state index is 0.106. The van der Waals surface area contributed by atoms with Crippen LogP contribution in [0.15, 0.2) is 22.9 Å². The fraction of sp³-hybridized carbons (Fsp3) is 0.529. The maximum Gasteiger partial charge on any atom is 0.287 e. The van der Waals surface area contributed by atoms with Gasteiger partial charge in [-0.1, -0.05) is 0 Å². The van der Waals surface area contributed by atoms with Crippen molar-refractivity contribution in [1.82, 2.24) is 14.9 Å². The van der Waals surface area contributed by atoms with Crippen LogP contribution in [-0.2, 0) is 17.9 Å². The summed E-state index contributed by atoms with van der Waals surface area (Å²) in [5.74, 6) is 1.46. The van der Waals surface area contributed by atoms with E-state index < -0.39 is 0 Å². The van der Waals surface area contributed by atoms with Gasteiger partial charge in [0.25, 0.3) is 5.91 Å². The van der Waals surface area contributed by atoms with Gasteiger partial charge in [0.15, 0.2) is 5.76 Å². The third-order valence-corrected chi connectivity index (χ3v) is 4.41. The van der Waals surface area contributed by atoms with Crippen molar-refractivity contribution in [3.05, 3.63) is 41.4 Å². The Hall–Kier alpha value is -2.12. The second-order valence-electron chi connectivity index (χ2n) is 6.00. The van der Waals surface area contributed by atoms with E-state index in [-0.39, 0.29) is 30.3 Å². The number of hydrogen-bond acceptors (Lipinski definition) is 5. The van der Waals surface area contributed by atoms with E-state index in [4.69, 9.17) is 14.3 Å². The molecule has 3 heterocycles. The second kappa shape index (κ2) is 7.19. The Labute approximate surface area is 140 Å². The number of amides is 1. The lowest BCUT2D eigenvalue weighted by Gasteiger charge is -2.19. The monoisotopic (exact) mass is 333 g/mol. The lowest BCUT2D eigenvalue weighted by atomic mass is 10.0. The number of nitrogens with zero attached hydrogens (tertiary/aromatic N) is 2. The first-order valence-corrected chi connectivity index (χ1v) is 8.25. The van der Waals surface area contributed by atoms with Crippen LogP contribution in [0, 0.1) is 12.8 Å². The number of aliphatic hydroxyl groups excluding tert-OH is 1. The molecule has 0 aromatic carbocycles. The smallest absolute Gasteiger partial charge is 0.287 e. The van der Waals surface area contributed by atoms with Crippen LogP contribution in [0.3, 0.4) is 0 Å². The summed E-state index contributed by atoms with van der Waals surface area (Å²) in [7, 11) is 0. The third-order valence-electron chi connectivity index (χ3n) is 4.41. The van der Waals surface area contributed by atoms with Gasteiger partial charge in [-0.05, 0) is 26.3 Å². The molecule has 24 heavy (non-hydrogen) atoms. The number of furan rings is 1. The molecule has 0 radical (unpaired) electrons. The molecule has 0 unspecified atom stereocenters. The molecule has 0 saturated carbocycles. The Morgan fingerprint density at radius 1 is 1.54 bits per heavy atom. The summed E-state index contributed by atoms with van der Waals surface area (Å²) in [6.45, 7) is 5.63. The molecule has 1 aliphatic heterocycles. The predicted molar refractivity (Wildman–Crippen MR) is 86.4 cm³/mol. The maximum atomic E-state index is 12.3. The molecule has 130 valence electrons. The summed E-state index contributed by atoms with van der Waals surface area (Å²) < 4.78 is 13.3. The molecule has 0 aliphatic carbocycles. The van der Waals surface area contributed by atoms with Crippen molar-refractivity contribution in [2.45, 2.75) is 39.5 Å². The third kappa shape index (κ3) is 3.22. The SMILES string of the molecule is CCn1ccnc1[C@@H]1OCC[C@H]1CNC(=O)c1oc(CO)cc1C. The van der Waals surface area contributed by atoms with Gasteiger partial charge in [0, 0.05) is 43.6 Å². The number of aromatic nitrogens is 2. The molecule has 0 bridgehead atoms. The fourth-order valence-electron chi connectivity index (χ4n) is 3.13. The van der Waals surface area contributed by atoms with Crippen LogP contribution >= 0.6 is 0 Å². The van der Waals surface area contributed by atoms with Crippen LogP contribution in [0.4, 0.5) is 0 Å². The predicted octanol–water partition coefficient (Wildman–Crippen LogP) is 1.80. The van der Waals surface area contributed by atoms with Gasteiger partial charge in [0.1, 0.15) is 24.3 Å². The molecular weight excluding hydrogens is 310 g/mol. The summed E-state index contributed by atoms with van der Waals surface area (Å²) >= 11 is 0. The highest BCUT2D eigenvalue weighted by Gasteiger charge is 2.33. The molecule has 3 rings (SSSR count). The Balaban J connectivity index is 1.65. The molecule has 7 nitrogen and oxygen atoms in total. The zero-order valence-corrected chi connectivity index (χ0v) is 14.0. The Bertz CT molecular complexity index is 707. The largest absolute Gasteiger partial charge is 0.453 e. The van der Waals surface area contributed by atoms with Crippen molar-refractivity contribution in [1.29, 1.82) is 0 Å². The first kappa shape index (κ1) is 16.7. The molecule has 1 saturated heterocycles. The first-order valence-electron chi connectivity index (χ1n) is 8.25. The van der Waals surface area contributed by atoms with E-state index in [0.717, 1.165) is 24.4 Å². The van der Waals surface area contributed by atoms with Gasteiger partial charge >= 0.3 is 0 Å². The Kier molecular flexibility index (Phi) is 5.01. The van der Waals surface area contributed by atoms with E-state index in [0.29, 0.717) is 18.9 Å². The maximum absolute atomic E-state index is 12.3. The minimum Gasteiger partial charge on any atom is -0.453 e. The van der Waals surface area contributed by atoms with Crippen LogP contribution < -0.4 is 5.32 Å². The summed E-state index contributed by atoms with van der Waals surface area (Å²) in [6, 6.07) is 1.68. The number of imidazole rings is 1. The molecule has 2 aromatic heterocycles. The van der Waals surface area contributed by atoms with Crippen LogP contribution in [0.5, 0.6) is 0 Å². The molecule has 2 N–H and O–H groups in total. The lowest BCUT2D eigenvalue weighted by Crippen LogP contribution is -2.31. The fourth-order valence-corrected chi connectivity index (χ4v) is 3.13. The molecule has 1 aliphatic rings. The van der Waals surface area contributed by atoms with Gasteiger partial charge in [0.2, 0.25) is 0 Å². The number of carbonyl (C=O) groups is 1. The second-order valence-corrected chi connectivity index (χ2v) is 6.00. The zero-order valence-electron chi connectivity index (χ0n) is 14.0. The molecular formula is C17H23N3O4. The van der Waals surface area contributed by atoms with E-state index in [1.54, 1.807) is 19.2 Å². The summed E-state index contributed by atoms with van der Waals surface area (Å²) in [4.78, 5) is 16.7. The number of hydrogen-bond donors (Lipinski definition) is 2. The molecule has 2 atom stereocenters. The van der Waals surface area contributed by atoms with Crippen LogP contribution in [0.1, 0.15) is 47.2 Å². The van der Waals surface area contributed by atoms with Crippen LogP contribution in [0.2, 0.25) is 0 Å². The van der Waals surface area contributed by atoms with Gasteiger partial charge in [0.05, 0.1) is 0 Å². The van der Waals surface area contributed by atoms with Crippen molar-refractivity contribution in [3.63, 3.8) is 0 Å². The van der Waals surface area contributed by atoms with E-state index in [9.17, 15) is 4.79 Å². The molecule has 2 aromatic rings. The minimum atomic E-state index is -0.267. The number of carbonyl (C=O) groups excluding carboxylic acids is 1. The standard InChI is InChI=1S/C17H23N3O4/c1-3-20-6-5-18-16(20)15-12(4-7-23-15)9-19-17(22)14-11(2)8-13(10-21)24-14/h5-6,8,12,15,21H,3-4,7,9-10H2,1-2H3,(H,19,22)/t12-,15+/m0/s1. The number of ether oxygens (including phenoxy) is 1. The number of nitrogens with one attached hydrogen (secondary N) is 1. The number of aliphatic hydroxyl groups is 1. The summed E-state index contributed by atoms with van der Waals surface area (Å²) in [5.41, 5.74) is 0.720.